The van der Waals surface area contributed by atoms with Crippen LogP contribution in [0.2, 0.25) is 0 Å². The Hall–Kier alpha value is -0.740. The predicted molar refractivity (Wildman–Crippen MR) is 59.8 cm³/mol. The number of methoxy groups -OCH3 is 2. The topological polar surface area (TPSA) is 44.5 Å². The number of nitrogens with two attached hydrogens (primary N) is 1. The molecule has 0 aliphatic rings. The lowest BCUT2D eigenvalue weighted by molar-refractivity contribution is 0.350. The molecule has 0 aliphatic heterocycles. The Balaban J connectivity index is 3.31. The van der Waals surface area contributed by atoms with E-state index in [0.29, 0.717) is 11.5 Å². The van der Waals surface area contributed by atoms with Crippen molar-refractivity contribution in [2.24, 2.45) is 5.73 Å². The highest BCUT2D eigenvalue weighted by atomic mass is 79.9. The van der Waals surface area contributed by atoms with Crippen LogP contribution in [0.3, 0.4) is 0 Å². The first kappa shape index (κ1) is 11.3. The molecule has 0 amide bonds. The average molecular weight is 260 g/mol. The summed E-state index contributed by atoms with van der Waals surface area (Å²) in [7, 11) is 3.22. The molecule has 78 valence electrons. The van der Waals surface area contributed by atoms with Gasteiger partial charge in [-0.1, -0.05) is 15.9 Å². The predicted octanol–water partition coefficient (Wildman–Crippen LogP) is 2.49. The molecule has 1 aromatic rings. The van der Waals surface area contributed by atoms with Crippen molar-refractivity contribution >= 4 is 15.9 Å². The maximum atomic E-state index is 5.83. The number of rotatable bonds is 3. The van der Waals surface area contributed by atoms with Crippen LogP contribution in [0.4, 0.5) is 0 Å². The molecular formula is C10H14BrNO2. The summed E-state index contributed by atoms with van der Waals surface area (Å²) in [4.78, 5) is 0. The SMILES string of the molecule is COc1cc(Br)cc(C(C)N)c1OC. The second kappa shape index (κ2) is 4.66. The van der Waals surface area contributed by atoms with E-state index in [1.54, 1.807) is 14.2 Å². The maximum Gasteiger partial charge on any atom is 0.165 e. The lowest BCUT2D eigenvalue weighted by atomic mass is 10.1. The Bertz CT molecular complexity index is 326. The number of halogens is 1. The van der Waals surface area contributed by atoms with Gasteiger partial charge >= 0.3 is 0 Å². The van der Waals surface area contributed by atoms with Crippen LogP contribution in [-0.2, 0) is 0 Å². The van der Waals surface area contributed by atoms with Crippen molar-refractivity contribution < 1.29 is 9.47 Å². The highest BCUT2D eigenvalue weighted by Crippen LogP contribution is 2.36. The van der Waals surface area contributed by atoms with Gasteiger partial charge in [-0.2, -0.15) is 0 Å². The second-order valence-electron chi connectivity index (χ2n) is 3.02. The standard InChI is InChI=1S/C10H14BrNO2/c1-6(12)8-4-7(11)5-9(13-2)10(8)14-3/h4-6H,12H2,1-3H3. The van der Waals surface area contributed by atoms with Gasteiger partial charge in [0.15, 0.2) is 11.5 Å². The number of benzene rings is 1. The van der Waals surface area contributed by atoms with E-state index in [9.17, 15) is 0 Å². The third-order valence-corrected chi connectivity index (χ3v) is 2.42. The van der Waals surface area contributed by atoms with E-state index in [1.807, 2.05) is 19.1 Å². The molecule has 2 N–H and O–H groups in total. The van der Waals surface area contributed by atoms with Gasteiger partial charge in [0.05, 0.1) is 14.2 Å². The first-order chi connectivity index (χ1) is 6.60. The van der Waals surface area contributed by atoms with Gasteiger partial charge in [0, 0.05) is 16.1 Å². The van der Waals surface area contributed by atoms with Crippen molar-refractivity contribution in [3.63, 3.8) is 0 Å². The molecule has 0 saturated carbocycles. The minimum absolute atomic E-state index is 0.0867. The molecule has 0 aliphatic carbocycles. The molecule has 1 aromatic carbocycles. The zero-order valence-electron chi connectivity index (χ0n) is 8.50. The van der Waals surface area contributed by atoms with Gasteiger partial charge < -0.3 is 15.2 Å². The van der Waals surface area contributed by atoms with Gasteiger partial charge in [0.1, 0.15) is 0 Å². The van der Waals surface area contributed by atoms with Crippen LogP contribution in [0.1, 0.15) is 18.5 Å². The highest BCUT2D eigenvalue weighted by Gasteiger charge is 2.14. The summed E-state index contributed by atoms with van der Waals surface area (Å²) < 4.78 is 11.4. The van der Waals surface area contributed by atoms with Crippen LogP contribution in [-0.4, -0.2) is 14.2 Å². The Morgan fingerprint density at radius 2 is 1.93 bits per heavy atom. The zero-order valence-corrected chi connectivity index (χ0v) is 10.1. The molecule has 0 bridgehead atoms. The van der Waals surface area contributed by atoms with Crippen LogP contribution in [0.25, 0.3) is 0 Å². The van der Waals surface area contributed by atoms with Crippen molar-refractivity contribution in [1.82, 2.24) is 0 Å². The van der Waals surface area contributed by atoms with Crippen LogP contribution in [0.15, 0.2) is 16.6 Å². The zero-order chi connectivity index (χ0) is 10.7. The highest BCUT2D eigenvalue weighted by molar-refractivity contribution is 9.10. The lowest BCUT2D eigenvalue weighted by Gasteiger charge is -2.15. The molecule has 0 spiro atoms. The molecule has 1 unspecified atom stereocenters. The van der Waals surface area contributed by atoms with Crippen LogP contribution in [0.5, 0.6) is 11.5 Å². The summed E-state index contributed by atoms with van der Waals surface area (Å²) in [5.74, 6) is 1.39. The monoisotopic (exact) mass is 259 g/mol. The Labute approximate surface area is 92.3 Å². The van der Waals surface area contributed by atoms with Gasteiger partial charge in [-0.3, -0.25) is 0 Å². The van der Waals surface area contributed by atoms with E-state index in [-0.39, 0.29) is 6.04 Å². The third-order valence-electron chi connectivity index (χ3n) is 1.96. The largest absolute Gasteiger partial charge is 0.493 e. The molecule has 4 heteroatoms. The number of ether oxygens (including phenoxy) is 2. The molecule has 0 aromatic heterocycles. The fraction of sp³-hybridized carbons (Fsp3) is 0.400. The quantitative estimate of drug-likeness (QED) is 0.908. The molecule has 1 atom stereocenters. The van der Waals surface area contributed by atoms with Crippen molar-refractivity contribution in [3.8, 4) is 11.5 Å². The van der Waals surface area contributed by atoms with E-state index in [0.717, 1.165) is 10.0 Å². The molecule has 0 fully saturated rings. The van der Waals surface area contributed by atoms with E-state index in [2.05, 4.69) is 15.9 Å². The summed E-state index contributed by atoms with van der Waals surface area (Å²) in [5.41, 5.74) is 6.76. The summed E-state index contributed by atoms with van der Waals surface area (Å²) in [6.45, 7) is 1.91. The van der Waals surface area contributed by atoms with Crippen LogP contribution < -0.4 is 15.2 Å². The van der Waals surface area contributed by atoms with Crippen LogP contribution in [0, 0.1) is 0 Å². The molecule has 0 heterocycles. The van der Waals surface area contributed by atoms with E-state index in [1.165, 1.54) is 0 Å². The molecule has 0 saturated heterocycles. The fourth-order valence-electron chi connectivity index (χ4n) is 1.30. The van der Waals surface area contributed by atoms with Gasteiger partial charge in [0.2, 0.25) is 0 Å². The van der Waals surface area contributed by atoms with Crippen molar-refractivity contribution in [1.29, 1.82) is 0 Å². The Morgan fingerprint density at radius 3 is 2.36 bits per heavy atom. The van der Waals surface area contributed by atoms with E-state index < -0.39 is 0 Å². The van der Waals surface area contributed by atoms with E-state index in [4.69, 9.17) is 15.2 Å². The van der Waals surface area contributed by atoms with Gasteiger partial charge in [-0.25, -0.2) is 0 Å². The molecule has 14 heavy (non-hydrogen) atoms. The Kier molecular flexibility index (Phi) is 3.77. The summed E-state index contributed by atoms with van der Waals surface area (Å²) in [5, 5.41) is 0. The van der Waals surface area contributed by atoms with Crippen molar-refractivity contribution in [2.45, 2.75) is 13.0 Å². The molecule has 0 radical (unpaired) electrons. The average Bonchev–Trinajstić information content (AvgIpc) is 2.16. The van der Waals surface area contributed by atoms with E-state index >= 15 is 0 Å². The third kappa shape index (κ3) is 2.19. The van der Waals surface area contributed by atoms with Crippen molar-refractivity contribution in [2.75, 3.05) is 14.2 Å². The maximum absolute atomic E-state index is 5.83. The van der Waals surface area contributed by atoms with Gasteiger partial charge in [-0.05, 0) is 19.1 Å². The minimum atomic E-state index is -0.0867. The second-order valence-corrected chi connectivity index (χ2v) is 3.93. The molecule has 1 rings (SSSR count). The summed E-state index contributed by atoms with van der Waals surface area (Å²) >= 11 is 3.39. The van der Waals surface area contributed by atoms with Gasteiger partial charge in [-0.15, -0.1) is 0 Å². The first-order valence-electron chi connectivity index (χ1n) is 4.27. The smallest absolute Gasteiger partial charge is 0.165 e. The normalized spacial score (nSPS) is 12.4. The molecular weight excluding hydrogens is 246 g/mol. The number of hydrogen-bond acceptors (Lipinski definition) is 3. The first-order valence-corrected chi connectivity index (χ1v) is 5.06. The summed E-state index contributed by atoms with van der Waals surface area (Å²) in [6, 6.07) is 3.70. The van der Waals surface area contributed by atoms with Gasteiger partial charge in [0.25, 0.3) is 0 Å². The van der Waals surface area contributed by atoms with Crippen LogP contribution >= 0.6 is 15.9 Å². The van der Waals surface area contributed by atoms with Crippen molar-refractivity contribution in [3.05, 3.63) is 22.2 Å². The fourth-order valence-corrected chi connectivity index (χ4v) is 1.75. The summed E-state index contributed by atoms with van der Waals surface area (Å²) in [6.07, 6.45) is 0. The molecule has 3 nitrogen and oxygen atoms in total. The lowest BCUT2D eigenvalue weighted by Crippen LogP contribution is -2.07. The Morgan fingerprint density at radius 1 is 1.29 bits per heavy atom. The number of hydrogen-bond donors (Lipinski definition) is 1. The minimum Gasteiger partial charge on any atom is -0.493 e.